The Kier molecular flexibility index (Phi) is 7.73. The highest BCUT2D eigenvalue weighted by atomic mass is 127. The number of rotatable bonds is 5. The Morgan fingerprint density at radius 3 is 2.90 bits per heavy atom. The van der Waals surface area contributed by atoms with Crippen molar-refractivity contribution in [3.63, 3.8) is 0 Å². The largest absolute Gasteiger partial charge is 0.364 e. The molecule has 21 heavy (non-hydrogen) atoms. The Hall–Kier alpha value is -1.09. The molecule has 2 N–H and O–H groups in total. The van der Waals surface area contributed by atoms with E-state index < -0.39 is 0 Å². The third-order valence-corrected chi connectivity index (χ3v) is 4.01. The number of hydrogen-bond donors (Lipinski definition) is 2. The second kappa shape index (κ2) is 9.04. The molecule has 0 bridgehead atoms. The summed E-state index contributed by atoms with van der Waals surface area (Å²) in [5.41, 5.74) is 2.23. The van der Waals surface area contributed by atoms with E-state index in [-0.39, 0.29) is 24.0 Å². The molecular formula is C14H22IN5S. The molecule has 0 radical (unpaired) electrons. The van der Waals surface area contributed by atoms with Gasteiger partial charge in [-0.1, -0.05) is 6.92 Å². The smallest absolute Gasteiger partial charge is 0.194 e. The van der Waals surface area contributed by atoms with Gasteiger partial charge in [0.25, 0.3) is 0 Å². The van der Waals surface area contributed by atoms with E-state index >= 15 is 0 Å². The number of aliphatic imine (C=N–C) groups is 1. The number of aryl methyl sites for hydroxylation is 1. The van der Waals surface area contributed by atoms with Crippen molar-refractivity contribution in [3.05, 3.63) is 40.1 Å². The third kappa shape index (κ3) is 5.31. The minimum atomic E-state index is 0. The van der Waals surface area contributed by atoms with Crippen LogP contribution in [0.3, 0.4) is 0 Å². The van der Waals surface area contributed by atoms with Gasteiger partial charge in [-0.3, -0.25) is 4.99 Å². The molecule has 0 amide bonds. The van der Waals surface area contributed by atoms with E-state index in [1.807, 2.05) is 19.3 Å². The van der Waals surface area contributed by atoms with Crippen LogP contribution in [0.1, 0.15) is 23.3 Å². The molecular weight excluding hydrogens is 397 g/mol. The second-order valence-electron chi connectivity index (χ2n) is 4.54. The summed E-state index contributed by atoms with van der Waals surface area (Å²) >= 11 is 1.71. The van der Waals surface area contributed by atoms with Gasteiger partial charge in [-0.25, -0.2) is 4.98 Å². The molecule has 0 aliphatic heterocycles. The predicted molar refractivity (Wildman–Crippen MR) is 99.4 cm³/mol. The Morgan fingerprint density at radius 2 is 2.33 bits per heavy atom. The van der Waals surface area contributed by atoms with E-state index in [1.165, 1.54) is 5.01 Å². The first-order valence-electron chi connectivity index (χ1n) is 6.70. The minimum absolute atomic E-state index is 0. The van der Waals surface area contributed by atoms with Crippen molar-refractivity contribution in [3.8, 4) is 0 Å². The molecule has 0 spiro atoms. The number of hydrogen-bond acceptors (Lipinski definition) is 3. The van der Waals surface area contributed by atoms with Crippen LogP contribution in [0.4, 0.5) is 0 Å². The molecule has 2 heterocycles. The molecule has 0 unspecified atom stereocenters. The van der Waals surface area contributed by atoms with Crippen molar-refractivity contribution in [1.82, 2.24) is 20.2 Å². The van der Waals surface area contributed by atoms with E-state index in [0.717, 1.165) is 30.3 Å². The highest BCUT2D eigenvalue weighted by Gasteiger charge is 2.08. The van der Waals surface area contributed by atoms with Crippen molar-refractivity contribution in [2.75, 3.05) is 14.1 Å². The number of aromatic amines is 1. The Labute approximate surface area is 146 Å². The molecule has 116 valence electrons. The van der Waals surface area contributed by atoms with Gasteiger partial charge in [-0.15, -0.1) is 35.3 Å². The van der Waals surface area contributed by atoms with Crippen LogP contribution in [0.2, 0.25) is 0 Å². The van der Waals surface area contributed by atoms with Crippen LogP contribution in [0.25, 0.3) is 0 Å². The topological polar surface area (TPSA) is 56.3 Å². The first-order valence-corrected chi connectivity index (χ1v) is 7.58. The molecule has 2 aromatic heterocycles. The summed E-state index contributed by atoms with van der Waals surface area (Å²) in [6, 6.07) is 4.07. The van der Waals surface area contributed by atoms with Gasteiger partial charge in [0.1, 0.15) is 0 Å². The molecule has 0 saturated heterocycles. The maximum atomic E-state index is 4.55. The lowest BCUT2D eigenvalue weighted by Crippen LogP contribution is -2.38. The van der Waals surface area contributed by atoms with Gasteiger partial charge in [0, 0.05) is 31.4 Å². The van der Waals surface area contributed by atoms with Gasteiger partial charge in [0.05, 0.1) is 23.8 Å². The van der Waals surface area contributed by atoms with E-state index in [1.54, 1.807) is 18.4 Å². The number of H-pyrrole nitrogens is 1. The van der Waals surface area contributed by atoms with Crippen LogP contribution in [0.15, 0.2) is 28.7 Å². The quantitative estimate of drug-likeness (QED) is 0.445. The third-order valence-electron chi connectivity index (χ3n) is 2.97. The standard InChI is InChI=1S/C14H21N5S.HI/c1-4-13-18-12(10-20-13)8-17-14(15-2)19(3)9-11-6-5-7-16-11;/h5-7,10,16H,4,8-9H2,1-3H3,(H,15,17);1H. The Balaban J connectivity index is 0.00000220. The number of halogens is 1. The average molecular weight is 419 g/mol. The van der Waals surface area contributed by atoms with Crippen molar-refractivity contribution in [1.29, 1.82) is 0 Å². The van der Waals surface area contributed by atoms with E-state index in [9.17, 15) is 0 Å². The van der Waals surface area contributed by atoms with Gasteiger partial charge in [0.15, 0.2) is 5.96 Å². The molecule has 2 rings (SSSR count). The zero-order valence-corrected chi connectivity index (χ0v) is 15.7. The fourth-order valence-corrected chi connectivity index (χ4v) is 2.69. The summed E-state index contributed by atoms with van der Waals surface area (Å²) in [7, 11) is 3.82. The zero-order chi connectivity index (χ0) is 14.4. The van der Waals surface area contributed by atoms with Gasteiger partial charge in [-0.2, -0.15) is 0 Å². The Bertz CT molecular complexity index is 549. The van der Waals surface area contributed by atoms with E-state index in [4.69, 9.17) is 0 Å². The summed E-state index contributed by atoms with van der Waals surface area (Å²) in [5.74, 6) is 0.866. The normalized spacial score (nSPS) is 11.1. The van der Waals surface area contributed by atoms with Crippen LogP contribution in [-0.2, 0) is 19.5 Å². The molecule has 7 heteroatoms. The number of nitrogens with one attached hydrogen (secondary N) is 2. The van der Waals surface area contributed by atoms with Crippen LogP contribution >= 0.6 is 35.3 Å². The van der Waals surface area contributed by atoms with Gasteiger partial charge >= 0.3 is 0 Å². The van der Waals surface area contributed by atoms with E-state index in [0.29, 0.717) is 6.54 Å². The summed E-state index contributed by atoms with van der Waals surface area (Å²) in [6.45, 7) is 3.63. The number of guanidine groups is 1. The average Bonchev–Trinajstić information content (AvgIpc) is 3.10. The Morgan fingerprint density at radius 1 is 1.52 bits per heavy atom. The van der Waals surface area contributed by atoms with Crippen LogP contribution in [0.5, 0.6) is 0 Å². The zero-order valence-electron chi connectivity index (χ0n) is 12.6. The maximum absolute atomic E-state index is 4.55. The van der Waals surface area contributed by atoms with Gasteiger partial charge in [-0.05, 0) is 18.6 Å². The van der Waals surface area contributed by atoms with Crippen molar-refractivity contribution >= 4 is 41.3 Å². The molecule has 0 fully saturated rings. The number of aromatic nitrogens is 2. The summed E-state index contributed by atoms with van der Waals surface area (Å²) in [5, 5.41) is 6.62. The molecule has 0 aromatic carbocycles. The lowest BCUT2D eigenvalue weighted by Gasteiger charge is -2.21. The number of thiazole rings is 1. The van der Waals surface area contributed by atoms with Crippen LogP contribution in [-0.4, -0.2) is 34.9 Å². The fourth-order valence-electron chi connectivity index (χ4n) is 1.94. The molecule has 5 nitrogen and oxygen atoms in total. The fraction of sp³-hybridized carbons (Fsp3) is 0.429. The highest BCUT2D eigenvalue weighted by Crippen LogP contribution is 2.10. The van der Waals surface area contributed by atoms with Gasteiger partial charge in [0.2, 0.25) is 0 Å². The summed E-state index contributed by atoms with van der Waals surface area (Å²) in [6.07, 6.45) is 2.92. The molecule has 0 aliphatic rings. The van der Waals surface area contributed by atoms with Crippen molar-refractivity contribution < 1.29 is 0 Å². The lowest BCUT2D eigenvalue weighted by atomic mass is 10.4. The first-order chi connectivity index (χ1) is 9.72. The minimum Gasteiger partial charge on any atom is -0.364 e. The molecule has 2 aromatic rings. The van der Waals surface area contributed by atoms with Gasteiger partial charge < -0.3 is 15.2 Å². The van der Waals surface area contributed by atoms with Crippen LogP contribution < -0.4 is 5.32 Å². The van der Waals surface area contributed by atoms with Crippen molar-refractivity contribution in [2.24, 2.45) is 4.99 Å². The molecule has 0 saturated carbocycles. The highest BCUT2D eigenvalue weighted by molar-refractivity contribution is 14.0. The molecule has 0 atom stereocenters. The second-order valence-corrected chi connectivity index (χ2v) is 5.48. The van der Waals surface area contributed by atoms with Crippen molar-refractivity contribution in [2.45, 2.75) is 26.4 Å². The van der Waals surface area contributed by atoms with E-state index in [2.05, 4.69) is 43.5 Å². The summed E-state index contributed by atoms with van der Waals surface area (Å²) < 4.78 is 0. The summed E-state index contributed by atoms with van der Waals surface area (Å²) in [4.78, 5) is 14.1. The lowest BCUT2D eigenvalue weighted by molar-refractivity contribution is 0.470. The monoisotopic (exact) mass is 419 g/mol. The predicted octanol–water partition coefficient (Wildman–Crippen LogP) is 2.86. The van der Waals surface area contributed by atoms with Crippen LogP contribution in [0, 0.1) is 0 Å². The maximum Gasteiger partial charge on any atom is 0.194 e. The SMILES string of the molecule is CCc1nc(CNC(=NC)N(C)Cc2ccc[nH]2)cs1.I. The number of nitrogens with zero attached hydrogens (tertiary/aromatic N) is 3. The molecule has 0 aliphatic carbocycles. The first kappa shape index (κ1) is 18.0.